The summed E-state index contributed by atoms with van der Waals surface area (Å²) in [5.41, 5.74) is 9.78. The Kier molecular flexibility index (Phi) is 3.55. The van der Waals surface area contributed by atoms with E-state index in [9.17, 15) is 4.79 Å². The molecular formula is C17H24N2O. The number of rotatable bonds is 2. The highest BCUT2D eigenvalue weighted by molar-refractivity contribution is 5.96. The Morgan fingerprint density at radius 1 is 1.30 bits per heavy atom. The first-order valence-corrected chi connectivity index (χ1v) is 7.77. The van der Waals surface area contributed by atoms with Crippen LogP contribution in [0.1, 0.15) is 49.7 Å². The summed E-state index contributed by atoms with van der Waals surface area (Å²) in [6.45, 7) is 2.94. The van der Waals surface area contributed by atoms with Gasteiger partial charge in [-0.2, -0.15) is 0 Å². The van der Waals surface area contributed by atoms with Crippen LogP contribution < -0.4 is 10.6 Å². The van der Waals surface area contributed by atoms with Crippen molar-refractivity contribution in [1.82, 2.24) is 0 Å². The van der Waals surface area contributed by atoms with Crippen molar-refractivity contribution in [3.05, 3.63) is 29.3 Å². The predicted octanol–water partition coefficient (Wildman–Crippen LogP) is 2.94. The molecule has 1 aliphatic heterocycles. The van der Waals surface area contributed by atoms with E-state index in [1.807, 2.05) is 4.90 Å². The molecule has 1 fully saturated rings. The molecule has 3 nitrogen and oxygen atoms in total. The van der Waals surface area contributed by atoms with E-state index in [1.54, 1.807) is 0 Å². The molecule has 1 heterocycles. The van der Waals surface area contributed by atoms with Crippen LogP contribution in [0.15, 0.2) is 18.2 Å². The highest BCUT2D eigenvalue weighted by atomic mass is 16.2. The molecule has 0 radical (unpaired) electrons. The zero-order valence-corrected chi connectivity index (χ0v) is 12.3. The molecule has 2 N–H and O–H groups in total. The molecule has 1 aromatic carbocycles. The Bertz CT molecular complexity index is 518. The lowest BCUT2D eigenvalue weighted by atomic mass is 9.92. The van der Waals surface area contributed by atoms with Crippen LogP contribution in [0.25, 0.3) is 0 Å². The van der Waals surface area contributed by atoms with Gasteiger partial charge in [0.15, 0.2) is 0 Å². The molecule has 3 heteroatoms. The minimum atomic E-state index is -0.253. The van der Waals surface area contributed by atoms with Gasteiger partial charge in [0, 0.05) is 24.2 Å². The average Bonchev–Trinajstić information content (AvgIpc) is 2.85. The fourth-order valence-corrected chi connectivity index (χ4v) is 3.75. The molecule has 20 heavy (non-hydrogen) atoms. The van der Waals surface area contributed by atoms with Gasteiger partial charge in [-0.15, -0.1) is 0 Å². The summed E-state index contributed by atoms with van der Waals surface area (Å²) in [5, 5.41) is 0. The maximum atomic E-state index is 12.7. The third-order valence-corrected chi connectivity index (χ3v) is 4.82. The van der Waals surface area contributed by atoms with Crippen LogP contribution >= 0.6 is 0 Å². The fraction of sp³-hybridized carbons (Fsp3) is 0.588. The Hall–Kier alpha value is -1.35. The van der Waals surface area contributed by atoms with Gasteiger partial charge in [0.05, 0.1) is 0 Å². The van der Waals surface area contributed by atoms with Gasteiger partial charge in [-0.25, -0.2) is 0 Å². The summed E-state index contributed by atoms with van der Waals surface area (Å²) in [7, 11) is 0. The minimum Gasteiger partial charge on any atom is -0.325 e. The smallest absolute Gasteiger partial charge is 0.228 e. The van der Waals surface area contributed by atoms with E-state index < -0.39 is 0 Å². The van der Waals surface area contributed by atoms with E-state index in [0.29, 0.717) is 6.42 Å². The summed E-state index contributed by atoms with van der Waals surface area (Å²) in [6.07, 6.45) is 6.95. The van der Waals surface area contributed by atoms with Crippen molar-refractivity contribution < 1.29 is 4.79 Å². The van der Waals surface area contributed by atoms with Crippen molar-refractivity contribution in [2.24, 2.45) is 5.73 Å². The predicted molar refractivity (Wildman–Crippen MR) is 81.9 cm³/mol. The van der Waals surface area contributed by atoms with Crippen LogP contribution in [0, 0.1) is 6.92 Å². The zero-order valence-electron chi connectivity index (χ0n) is 12.3. The second-order valence-electron chi connectivity index (χ2n) is 6.48. The normalized spacial score (nSPS) is 20.8. The molecule has 3 rings (SSSR count). The number of carbonyl (C=O) groups is 1. The van der Waals surface area contributed by atoms with Crippen molar-refractivity contribution in [3.8, 4) is 0 Å². The number of anilines is 1. The standard InChI is InChI=1S/C17H24N2O/c1-13-6-4-7-14-8-5-11-19(16(13)14)15(20)12-17(18)9-2-3-10-17/h4,6-7H,2-3,5,8-12,18H2,1H3. The van der Waals surface area contributed by atoms with Gasteiger partial charge >= 0.3 is 0 Å². The Labute approximate surface area is 121 Å². The molecule has 0 atom stereocenters. The number of hydrogen-bond donors (Lipinski definition) is 1. The molecule has 1 aliphatic carbocycles. The SMILES string of the molecule is Cc1cccc2c1N(C(=O)CC1(N)CCCC1)CCC2. The largest absolute Gasteiger partial charge is 0.325 e. The summed E-state index contributed by atoms with van der Waals surface area (Å²) >= 11 is 0. The molecular weight excluding hydrogens is 248 g/mol. The number of nitrogens with two attached hydrogens (primary N) is 1. The maximum Gasteiger partial charge on any atom is 0.228 e. The number of para-hydroxylation sites is 1. The molecule has 0 saturated heterocycles. The fourth-order valence-electron chi connectivity index (χ4n) is 3.75. The summed E-state index contributed by atoms with van der Waals surface area (Å²) in [6, 6.07) is 6.33. The maximum absolute atomic E-state index is 12.7. The summed E-state index contributed by atoms with van der Waals surface area (Å²) in [4.78, 5) is 14.7. The van der Waals surface area contributed by atoms with Crippen LogP contribution in [0.3, 0.4) is 0 Å². The van der Waals surface area contributed by atoms with Crippen LogP contribution in [0.5, 0.6) is 0 Å². The van der Waals surface area contributed by atoms with Crippen molar-refractivity contribution in [2.75, 3.05) is 11.4 Å². The van der Waals surface area contributed by atoms with Crippen molar-refractivity contribution in [1.29, 1.82) is 0 Å². The van der Waals surface area contributed by atoms with Crippen molar-refractivity contribution >= 4 is 11.6 Å². The molecule has 1 saturated carbocycles. The number of aryl methyl sites for hydroxylation is 2. The first-order valence-electron chi connectivity index (χ1n) is 7.77. The van der Waals surface area contributed by atoms with Gasteiger partial charge in [0.2, 0.25) is 5.91 Å². The number of carbonyl (C=O) groups excluding carboxylic acids is 1. The summed E-state index contributed by atoms with van der Waals surface area (Å²) in [5.74, 6) is 0.213. The topological polar surface area (TPSA) is 46.3 Å². The van der Waals surface area contributed by atoms with E-state index in [-0.39, 0.29) is 11.4 Å². The molecule has 0 bridgehead atoms. The number of nitrogens with zero attached hydrogens (tertiary/aromatic N) is 1. The number of amides is 1. The Morgan fingerprint density at radius 2 is 2.05 bits per heavy atom. The molecule has 1 aromatic rings. The van der Waals surface area contributed by atoms with Crippen molar-refractivity contribution in [2.45, 2.75) is 57.4 Å². The van der Waals surface area contributed by atoms with E-state index in [1.165, 1.54) is 24.0 Å². The molecule has 108 valence electrons. The Morgan fingerprint density at radius 3 is 2.80 bits per heavy atom. The highest BCUT2D eigenvalue weighted by Crippen LogP contribution is 2.34. The molecule has 0 aromatic heterocycles. The third-order valence-electron chi connectivity index (χ3n) is 4.82. The summed E-state index contributed by atoms with van der Waals surface area (Å²) < 4.78 is 0. The lowest BCUT2D eigenvalue weighted by molar-refractivity contribution is -0.119. The van der Waals surface area contributed by atoms with Gasteiger partial charge < -0.3 is 10.6 Å². The zero-order chi connectivity index (χ0) is 14.2. The molecule has 0 unspecified atom stereocenters. The van der Waals surface area contributed by atoms with Gasteiger partial charge in [-0.1, -0.05) is 31.0 Å². The first-order chi connectivity index (χ1) is 9.59. The lowest BCUT2D eigenvalue weighted by Gasteiger charge is -2.33. The number of fused-ring (bicyclic) bond motifs is 1. The van der Waals surface area contributed by atoms with Gasteiger partial charge in [-0.3, -0.25) is 4.79 Å². The monoisotopic (exact) mass is 272 g/mol. The highest BCUT2D eigenvalue weighted by Gasteiger charge is 2.34. The van der Waals surface area contributed by atoms with Gasteiger partial charge in [0.1, 0.15) is 0 Å². The van der Waals surface area contributed by atoms with Crippen LogP contribution in [0.4, 0.5) is 5.69 Å². The number of hydrogen-bond acceptors (Lipinski definition) is 2. The third kappa shape index (κ3) is 2.47. The number of benzene rings is 1. The first kappa shape index (κ1) is 13.6. The molecule has 2 aliphatic rings. The van der Waals surface area contributed by atoms with Gasteiger partial charge in [0.25, 0.3) is 0 Å². The Balaban J connectivity index is 1.83. The van der Waals surface area contributed by atoms with E-state index in [4.69, 9.17) is 5.73 Å². The van der Waals surface area contributed by atoms with E-state index in [2.05, 4.69) is 25.1 Å². The van der Waals surface area contributed by atoms with Crippen molar-refractivity contribution in [3.63, 3.8) is 0 Å². The van der Waals surface area contributed by atoms with E-state index >= 15 is 0 Å². The second-order valence-corrected chi connectivity index (χ2v) is 6.48. The molecule has 0 spiro atoms. The van der Waals surface area contributed by atoms with Crippen LogP contribution in [-0.4, -0.2) is 18.0 Å². The lowest BCUT2D eigenvalue weighted by Crippen LogP contribution is -2.45. The average molecular weight is 272 g/mol. The van der Waals surface area contributed by atoms with E-state index in [0.717, 1.165) is 37.9 Å². The molecule has 1 amide bonds. The van der Waals surface area contributed by atoms with Crippen LogP contribution in [-0.2, 0) is 11.2 Å². The quantitative estimate of drug-likeness (QED) is 0.899. The minimum absolute atomic E-state index is 0.213. The van der Waals surface area contributed by atoms with Crippen LogP contribution in [0.2, 0.25) is 0 Å². The second kappa shape index (κ2) is 5.21. The van der Waals surface area contributed by atoms with Gasteiger partial charge in [-0.05, 0) is 43.7 Å².